The quantitative estimate of drug-likeness (QED) is 0.279. The predicted octanol–water partition coefficient (Wildman–Crippen LogP) is 6.89. The van der Waals surface area contributed by atoms with E-state index in [0.29, 0.717) is 0 Å². The average molecular weight is 409 g/mol. The molecule has 0 spiro atoms. The number of nitrogens with two attached hydrogens (primary N) is 1. The van der Waals surface area contributed by atoms with Crippen LogP contribution in [0.25, 0.3) is 22.3 Å². The summed E-state index contributed by atoms with van der Waals surface area (Å²) in [6.07, 6.45) is 0. The Morgan fingerprint density at radius 2 is 1.10 bits per heavy atom. The molecular formula is C27H28N2Si. The first-order chi connectivity index (χ1) is 14.4. The smallest absolute Gasteiger partial charge is 0.0792 e. The minimum absolute atomic E-state index is 0.824. The van der Waals surface area contributed by atoms with Crippen LogP contribution in [0.4, 0.5) is 17.1 Å². The number of hydrogen-bond donors (Lipinski definition) is 2. The molecule has 0 atom stereocenters. The fourth-order valence-electron chi connectivity index (χ4n) is 4.06. The van der Waals surface area contributed by atoms with Gasteiger partial charge in [0.1, 0.15) is 0 Å². The molecule has 0 saturated carbocycles. The fraction of sp³-hybridized carbons (Fsp3) is 0.111. The predicted molar refractivity (Wildman–Crippen MR) is 134 cm³/mol. The zero-order valence-electron chi connectivity index (χ0n) is 17.8. The second-order valence-electron chi connectivity index (χ2n) is 8.60. The second kappa shape index (κ2) is 8.21. The van der Waals surface area contributed by atoms with Gasteiger partial charge in [-0.2, -0.15) is 0 Å². The number of nitrogen functional groups attached to an aromatic ring is 1. The van der Waals surface area contributed by atoms with E-state index in [-0.39, 0.29) is 0 Å². The van der Waals surface area contributed by atoms with Crippen LogP contribution >= 0.6 is 0 Å². The van der Waals surface area contributed by atoms with E-state index < -0.39 is 8.07 Å². The summed E-state index contributed by atoms with van der Waals surface area (Å²) in [5.74, 6) is 0. The molecule has 4 aromatic rings. The lowest BCUT2D eigenvalue weighted by Crippen LogP contribution is -2.40. The van der Waals surface area contributed by atoms with Crippen molar-refractivity contribution in [2.24, 2.45) is 0 Å². The fourth-order valence-corrected chi connectivity index (χ4v) is 6.11. The Balaban J connectivity index is 1.93. The topological polar surface area (TPSA) is 38.0 Å². The molecule has 0 aliphatic carbocycles. The van der Waals surface area contributed by atoms with Crippen LogP contribution in [-0.4, -0.2) is 8.07 Å². The maximum atomic E-state index is 6.39. The zero-order valence-corrected chi connectivity index (χ0v) is 18.8. The third-order valence-corrected chi connectivity index (χ3v) is 7.37. The molecule has 3 N–H and O–H groups in total. The minimum Gasteiger partial charge on any atom is -0.398 e. The van der Waals surface area contributed by atoms with Crippen LogP contribution in [0.1, 0.15) is 0 Å². The van der Waals surface area contributed by atoms with Crippen LogP contribution in [0.2, 0.25) is 19.6 Å². The number of para-hydroxylation sites is 3. The molecule has 0 aliphatic rings. The molecule has 0 bridgehead atoms. The monoisotopic (exact) mass is 408 g/mol. The van der Waals surface area contributed by atoms with E-state index in [4.69, 9.17) is 5.73 Å². The molecule has 0 amide bonds. The molecular weight excluding hydrogens is 380 g/mol. The summed E-state index contributed by atoms with van der Waals surface area (Å²) in [5, 5.41) is 5.05. The first-order valence-electron chi connectivity index (χ1n) is 10.3. The van der Waals surface area contributed by atoms with Gasteiger partial charge in [0.2, 0.25) is 0 Å². The van der Waals surface area contributed by atoms with Crippen molar-refractivity contribution < 1.29 is 0 Å². The normalized spacial score (nSPS) is 11.3. The van der Waals surface area contributed by atoms with Crippen molar-refractivity contribution >= 4 is 30.3 Å². The lowest BCUT2D eigenvalue weighted by Gasteiger charge is -2.27. The lowest BCUT2D eigenvalue weighted by atomic mass is 9.96. The number of rotatable bonds is 5. The highest BCUT2D eigenvalue weighted by Gasteiger charge is 2.26. The molecule has 0 saturated heterocycles. The molecule has 0 aliphatic heterocycles. The van der Waals surface area contributed by atoms with Gasteiger partial charge in [0.15, 0.2) is 0 Å². The Morgan fingerprint density at radius 1 is 0.567 bits per heavy atom. The Hall–Kier alpha value is -3.30. The van der Waals surface area contributed by atoms with Crippen LogP contribution in [0.3, 0.4) is 0 Å². The Bertz CT molecular complexity index is 1160. The molecule has 30 heavy (non-hydrogen) atoms. The molecule has 0 unspecified atom stereocenters. The highest BCUT2D eigenvalue weighted by molar-refractivity contribution is 6.90. The summed E-state index contributed by atoms with van der Waals surface area (Å²) in [5.41, 5.74) is 14.3. The van der Waals surface area contributed by atoms with E-state index in [1.165, 1.54) is 21.9 Å². The Kier molecular flexibility index (Phi) is 5.47. The van der Waals surface area contributed by atoms with Gasteiger partial charge in [-0.25, -0.2) is 0 Å². The summed E-state index contributed by atoms with van der Waals surface area (Å²) in [6.45, 7) is 7.21. The van der Waals surface area contributed by atoms with Gasteiger partial charge < -0.3 is 11.1 Å². The minimum atomic E-state index is -1.71. The van der Waals surface area contributed by atoms with Gasteiger partial charge in [0, 0.05) is 28.2 Å². The SMILES string of the molecule is C[Si](C)(C)c1c(-c2ccccc2N)cccc1-c1ccccc1Nc1ccccc1. The summed E-state index contributed by atoms with van der Waals surface area (Å²) in [6, 6.07) is 33.7. The first kappa shape index (κ1) is 20.0. The average Bonchev–Trinajstić information content (AvgIpc) is 2.74. The molecule has 4 aromatic carbocycles. The summed E-state index contributed by atoms with van der Waals surface area (Å²) < 4.78 is 0. The second-order valence-corrected chi connectivity index (χ2v) is 13.6. The van der Waals surface area contributed by atoms with Crippen LogP contribution in [0.15, 0.2) is 97.1 Å². The van der Waals surface area contributed by atoms with Gasteiger partial charge in [-0.3, -0.25) is 0 Å². The van der Waals surface area contributed by atoms with Crippen LogP contribution < -0.4 is 16.2 Å². The van der Waals surface area contributed by atoms with Crippen LogP contribution in [-0.2, 0) is 0 Å². The van der Waals surface area contributed by atoms with Gasteiger partial charge in [0.05, 0.1) is 8.07 Å². The summed E-state index contributed by atoms with van der Waals surface area (Å²) in [7, 11) is -1.71. The zero-order chi connectivity index (χ0) is 21.1. The molecule has 2 nitrogen and oxygen atoms in total. The standard InChI is InChI=1S/C27H28N2Si/c1-30(2,3)27-23(21-14-7-9-18-25(21)28)16-11-17-24(27)22-15-8-10-19-26(22)29-20-12-5-4-6-13-20/h4-19,29H,28H2,1-3H3. The largest absolute Gasteiger partial charge is 0.398 e. The number of nitrogens with one attached hydrogen (secondary N) is 1. The van der Waals surface area contributed by atoms with E-state index in [9.17, 15) is 0 Å². The summed E-state index contributed by atoms with van der Waals surface area (Å²) in [4.78, 5) is 0. The van der Waals surface area contributed by atoms with E-state index in [0.717, 1.165) is 22.6 Å². The van der Waals surface area contributed by atoms with Crippen LogP contribution in [0.5, 0.6) is 0 Å². The first-order valence-corrected chi connectivity index (χ1v) is 13.8. The van der Waals surface area contributed by atoms with Crippen LogP contribution in [0, 0.1) is 0 Å². The van der Waals surface area contributed by atoms with E-state index in [2.05, 4.69) is 104 Å². The van der Waals surface area contributed by atoms with Gasteiger partial charge >= 0.3 is 0 Å². The van der Waals surface area contributed by atoms with Gasteiger partial charge in [-0.05, 0) is 40.6 Å². The van der Waals surface area contributed by atoms with Gasteiger partial charge in [-0.15, -0.1) is 0 Å². The molecule has 0 heterocycles. The Labute approximate surface area is 180 Å². The molecule has 4 rings (SSSR count). The van der Waals surface area contributed by atoms with E-state index in [1.807, 2.05) is 18.2 Å². The number of hydrogen-bond acceptors (Lipinski definition) is 2. The number of anilines is 3. The maximum Gasteiger partial charge on any atom is 0.0792 e. The van der Waals surface area contributed by atoms with Crippen molar-refractivity contribution in [1.82, 2.24) is 0 Å². The maximum absolute atomic E-state index is 6.39. The molecule has 150 valence electrons. The highest BCUT2D eigenvalue weighted by Crippen LogP contribution is 2.34. The van der Waals surface area contributed by atoms with E-state index >= 15 is 0 Å². The molecule has 3 heteroatoms. The highest BCUT2D eigenvalue weighted by atomic mass is 28.3. The Morgan fingerprint density at radius 3 is 1.77 bits per heavy atom. The lowest BCUT2D eigenvalue weighted by molar-refractivity contribution is 1.53. The van der Waals surface area contributed by atoms with Gasteiger partial charge in [-0.1, -0.05) is 92.4 Å². The molecule has 0 aromatic heterocycles. The van der Waals surface area contributed by atoms with E-state index in [1.54, 1.807) is 0 Å². The van der Waals surface area contributed by atoms with Crippen molar-refractivity contribution in [3.8, 4) is 22.3 Å². The van der Waals surface area contributed by atoms with Crippen molar-refractivity contribution in [2.45, 2.75) is 19.6 Å². The van der Waals surface area contributed by atoms with Crippen molar-refractivity contribution in [2.75, 3.05) is 11.1 Å². The molecule has 0 fully saturated rings. The number of benzene rings is 4. The molecule has 0 radical (unpaired) electrons. The third-order valence-electron chi connectivity index (χ3n) is 5.34. The van der Waals surface area contributed by atoms with Gasteiger partial charge in [0.25, 0.3) is 0 Å². The summed E-state index contributed by atoms with van der Waals surface area (Å²) >= 11 is 0. The third kappa shape index (κ3) is 4.03. The van der Waals surface area contributed by atoms with Crippen molar-refractivity contribution in [3.63, 3.8) is 0 Å². The van der Waals surface area contributed by atoms with Crippen molar-refractivity contribution in [1.29, 1.82) is 0 Å². The van der Waals surface area contributed by atoms with Crippen molar-refractivity contribution in [3.05, 3.63) is 97.1 Å².